The third-order valence-electron chi connectivity index (χ3n) is 3.56. The first-order chi connectivity index (χ1) is 9.30. The summed E-state index contributed by atoms with van der Waals surface area (Å²) in [5.74, 6) is 0. The SMILES string of the molecule is CC(=N)/C(C)=C/C=C(\C)[C@]1(C#N)O[C@H](CO)[C@@H](O)[C@H]1O. The van der Waals surface area contributed by atoms with Crippen molar-refractivity contribution in [2.45, 2.75) is 44.7 Å². The molecule has 0 amide bonds. The van der Waals surface area contributed by atoms with Gasteiger partial charge in [-0.1, -0.05) is 12.2 Å². The Labute approximate surface area is 118 Å². The summed E-state index contributed by atoms with van der Waals surface area (Å²) in [6.45, 7) is 4.51. The quantitative estimate of drug-likeness (QED) is 0.436. The molecule has 0 spiro atoms. The lowest BCUT2D eigenvalue weighted by Crippen LogP contribution is -2.43. The minimum Gasteiger partial charge on any atom is -0.394 e. The van der Waals surface area contributed by atoms with Gasteiger partial charge in [0, 0.05) is 5.71 Å². The fourth-order valence-corrected chi connectivity index (χ4v) is 1.97. The number of rotatable bonds is 4. The Morgan fingerprint density at radius 3 is 2.35 bits per heavy atom. The lowest BCUT2D eigenvalue weighted by molar-refractivity contribution is -0.0378. The summed E-state index contributed by atoms with van der Waals surface area (Å²) in [4.78, 5) is 0. The van der Waals surface area contributed by atoms with Gasteiger partial charge in [0.25, 0.3) is 0 Å². The Morgan fingerprint density at radius 2 is 1.95 bits per heavy atom. The Hall–Kier alpha value is -1.52. The molecule has 4 atom stereocenters. The first-order valence-corrected chi connectivity index (χ1v) is 6.27. The van der Waals surface area contributed by atoms with Crippen LogP contribution in [0.15, 0.2) is 23.3 Å². The van der Waals surface area contributed by atoms with Crippen molar-refractivity contribution in [3.05, 3.63) is 23.3 Å². The van der Waals surface area contributed by atoms with Crippen molar-refractivity contribution in [3.8, 4) is 6.07 Å². The maximum atomic E-state index is 10.0. The maximum Gasteiger partial charge on any atom is 0.204 e. The van der Waals surface area contributed by atoms with Gasteiger partial charge in [-0.15, -0.1) is 0 Å². The molecule has 6 heteroatoms. The normalized spacial score (nSPS) is 35.0. The maximum absolute atomic E-state index is 10.0. The predicted molar refractivity (Wildman–Crippen MR) is 73.2 cm³/mol. The molecule has 0 bridgehead atoms. The van der Waals surface area contributed by atoms with E-state index in [0.717, 1.165) is 0 Å². The summed E-state index contributed by atoms with van der Waals surface area (Å²) >= 11 is 0. The highest BCUT2D eigenvalue weighted by Gasteiger charge is 2.55. The fraction of sp³-hybridized carbons (Fsp3) is 0.571. The molecule has 0 saturated carbocycles. The Kier molecular flexibility index (Phi) is 5.20. The zero-order chi connectivity index (χ0) is 15.5. The smallest absolute Gasteiger partial charge is 0.204 e. The topological polar surface area (TPSA) is 118 Å². The van der Waals surface area contributed by atoms with Crippen molar-refractivity contribution in [1.82, 2.24) is 0 Å². The molecular weight excluding hydrogens is 260 g/mol. The van der Waals surface area contributed by atoms with Crippen LogP contribution in [0.2, 0.25) is 0 Å². The van der Waals surface area contributed by atoms with Gasteiger partial charge in [-0.25, -0.2) is 0 Å². The van der Waals surface area contributed by atoms with Gasteiger partial charge in [0.05, 0.1) is 6.61 Å². The van der Waals surface area contributed by atoms with Gasteiger partial charge < -0.3 is 25.5 Å². The van der Waals surface area contributed by atoms with E-state index >= 15 is 0 Å². The Bertz CT molecular complexity index is 492. The van der Waals surface area contributed by atoms with E-state index in [9.17, 15) is 15.5 Å². The molecular formula is C14H20N2O4. The molecule has 0 unspecified atom stereocenters. The summed E-state index contributed by atoms with van der Waals surface area (Å²) in [6.07, 6.45) is -0.534. The van der Waals surface area contributed by atoms with E-state index in [0.29, 0.717) is 16.9 Å². The van der Waals surface area contributed by atoms with Crippen molar-refractivity contribution in [2.75, 3.05) is 6.61 Å². The second kappa shape index (κ2) is 6.29. The number of nitrogens with zero attached hydrogens (tertiary/aromatic N) is 1. The molecule has 0 aromatic rings. The first kappa shape index (κ1) is 16.5. The van der Waals surface area contributed by atoms with Crippen molar-refractivity contribution >= 4 is 5.71 Å². The molecule has 110 valence electrons. The monoisotopic (exact) mass is 280 g/mol. The van der Waals surface area contributed by atoms with Gasteiger partial charge in [-0.05, 0) is 31.9 Å². The van der Waals surface area contributed by atoms with Crippen LogP contribution in [-0.2, 0) is 4.74 Å². The summed E-state index contributed by atoms with van der Waals surface area (Å²) in [5.41, 5.74) is -0.173. The number of aliphatic hydroxyl groups excluding tert-OH is 3. The summed E-state index contributed by atoms with van der Waals surface area (Å²) < 4.78 is 5.36. The Morgan fingerprint density at radius 1 is 1.35 bits per heavy atom. The van der Waals surface area contributed by atoms with Crippen LogP contribution >= 0.6 is 0 Å². The third-order valence-corrected chi connectivity index (χ3v) is 3.56. The number of nitrogens with one attached hydrogen (secondary N) is 1. The van der Waals surface area contributed by atoms with Crippen LogP contribution in [0.3, 0.4) is 0 Å². The van der Waals surface area contributed by atoms with E-state index in [1.54, 1.807) is 32.9 Å². The molecule has 4 N–H and O–H groups in total. The molecule has 20 heavy (non-hydrogen) atoms. The molecule has 0 aromatic heterocycles. The van der Waals surface area contributed by atoms with Crippen molar-refractivity contribution in [1.29, 1.82) is 10.7 Å². The number of hydrogen-bond acceptors (Lipinski definition) is 6. The third kappa shape index (κ3) is 2.81. The summed E-state index contributed by atoms with van der Waals surface area (Å²) in [6, 6.07) is 1.88. The average molecular weight is 280 g/mol. The van der Waals surface area contributed by atoms with E-state index < -0.39 is 30.5 Å². The molecule has 1 aliphatic rings. The highest BCUT2D eigenvalue weighted by molar-refractivity contribution is 5.95. The number of nitriles is 1. The molecule has 0 aromatic carbocycles. The van der Waals surface area contributed by atoms with Crippen LogP contribution in [0.25, 0.3) is 0 Å². The zero-order valence-electron chi connectivity index (χ0n) is 11.8. The lowest BCUT2D eigenvalue weighted by atomic mass is 9.88. The van der Waals surface area contributed by atoms with Gasteiger partial charge in [-0.2, -0.15) is 5.26 Å². The molecule has 1 rings (SSSR count). The van der Waals surface area contributed by atoms with Crippen LogP contribution in [0, 0.1) is 16.7 Å². The van der Waals surface area contributed by atoms with Crippen LogP contribution in [0.1, 0.15) is 20.8 Å². The molecule has 1 fully saturated rings. The van der Waals surface area contributed by atoms with Gasteiger partial charge in [-0.3, -0.25) is 0 Å². The lowest BCUT2D eigenvalue weighted by Gasteiger charge is -2.25. The molecule has 6 nitrogen and oxygen atoms in total. The van der Waals surface area contributed by atoms with E-state index in [-0.39, 0.29) is 0 Å². The molecule has 1 heterocycles. The van der Waals surface area contributed by atoms with Crippen molar-refractivity contribution in [2.24, 2.45) is 0 Å². The Balaban J connectivity index is 3.14. The number of ether oxygens (including phenoxy) is 1. The summed E-state index contributed by atoms with van der Waals surface area (Å²) in [5, 5.41) is 45.7. The minimum atomic E-state index is -1.68. The van der Waals surface area contributed by atoms with Crippen molar-refractivity contribution < 1.29 is 20.1 Å². The van der Waals surface area contributed by atoms with Crippen LogP contribution in [0.4, 0.5) is 0 Å². The first-order valence-electron chi connectivity index (χ1n) is 6.27. The number of aliphatic hydroxyl groups is 3. The van der Waals surface area contributed by atoms with Gasteiger partial charge >= 0.3 is 0 Å². The van der Waals surface area contributed by atoms with Gasteiger partial charge in [0.1, 0.15) is 24.4 Å². The zero-order valence-corrected chi connectivity index (χ0v) is 11.8. The van der Waals surface area contributed by atoms with Gasteiger partial charge in [0.15, 0.2) is 0 Å². The minimum absolute atomic E-state index is 0.390. The summed E-state index contributed by atoms with van der Waals surface area (Å²) in [7, 11) is 0. The second-order valence-corrected chi connectivity index (χ2v) is 4.95. The van der Waals surface area contributed by atoms with Gasteiger partial charge in [0.2, 0.25) is 5.60 Å². The average Bonchev–Trinajstić information content (AvgIpc) is 2.69. The van der Waals surface area contributed by atoms with Crippen LogP contribution < -0.4 is 0 Å². The van der Waals surface area contributed by atoms with Crippen LogP contribution in [0.5, 0.6) is 0 Å². The fourth-order valence-electron chi connectivity index (χ4n) is 1.97. The molecule has 0 radical (unpaired) electrons. The number of allylic oxidation sites excluding steroid dienone is 3. The largest absolute Gasteiger partial charge is 0.394 e. The van der Waals surface area contributed by atoms with E-state index in [1.807, 2.05) is 6.07 Å². The molecule has 1 aliphatic heterocycles. The van der Waals surface area contributed by atoms with Crippen molar-refractivity contribution in [3.63, 3.8) is 0 Å². The van der Waals surface area contributed by atoms with E-state index in [4.69, 9.17) is 15.3 Å². The van der Waals surface area contributed by atoms with E-state index in [1.165, 1.54) is 0 Å². The standard InChI is InChI=1S/C14H20N2O4/c1-8(10(3)16)4-5-9(2)14(7-15)13(19)12(18)11(6-17)20-14/h4-5,11-13,16-19H,6H2,1-3H3/b8-4+,9-5+,16-10?/t11-,12-,13-,14+/m1/s1. The highest BCUT2D eigenvalue weighted by atomic mass is 16.6. The van der Waals surface area contributed by atoms with E-state index in [2.05, 4.69) is 0 Å². The molecule has 0 aliphatic carbocycles. The number of hydrogen-bond donors (Lipinski definition) is 4. The van der Waals surface area contributed by atoms with Crippen LogP contribution in [-0.4, -0.2) is 51.6 Å². The second-order valence-electron chi connectivity index (χ2n) is 4.95. The molecule has 1 saturated heterocycles. The highest BCUT2D eigenvalue weighted by Crippen LogP contribution is 2.36. The predicted octanol–water partition coefficient (Wildman–Crippen LogP) is 0.294.